The Morgan fingerprint density at radius 3 is 2.58 bits per heavy atom. The fourth-order valence-corrected chi connectivity index (χ4v) is 4.39. The first kappa shape index (κ1) is 21.0. The van der Waals surface area contributed by atoms with Crippen molar-refractivity contribution < 1.29 is 36.1 Å². The molecule has 1 aliphatic heterocycles. The summed E-state index contributed by atoms with van der Waals surface area (Å²) in [5.41, 5.74) is -0.902. The predicted octanol–water partition coefficient (Wildman–Crippen LogP) is -0.536. The van der Waals surface area contributed by atoms with Crippen LogP contribution >= 0.6 is 0 Å². The van der Waals surface area contributed by atoms with Gasteiger partial charge in [-0.25, -0.2) is 4.79 Å². The molecule has 0 amide bonds. The van der Waals surface area contributed by atoms with Crippen molar-refractivity contribution in [2.75, 3.05) is 26.7 Å². The third kappa shape index (κ3) is 4.14. The average Bonchev–Trinajstić information content (AvgIpc) is 3.26. The lowest BCUT2D eigenvalue weighted by Crippen LogP contribution is -3.00. The van der Waals surface area contributed by atoms with Crippen molar-refractivity contribution in [1.82, 2.24) is 0 Å². The summed E-state index contributed by atoms with van der Waals surface area (Å²) in [6.45, 7) is 2.25. The van der Waals surface area contributed by atoms with E-state index < -0.39 is 11.6 Å². The molecule has 142 valence electrons. The summed E-state index contributed by atoms with van der Waals surface area (Å²) in [6.07, 6.45) is 9.88. The van der Waals surface area contributed by atoms with E-state index in [0.29, 0.717) is 18.7 Å². The van der Waals surface area contributed by atoms with Gasteiger partial charge in [-0.1, -0.05) is 43.2 Å². The molecule has 0 aromatic heterocycles. The summed E-state index contributed by atoms with van der Waals surface area (Å²) in [5, 5.41) is 11.4. The second kappa shape index (κ2) is 8.56. The van der Waals surface area contributed by atoms with Crippen LogP contribution < -0.4 is 17.0 Å². The zero-order valence-electron chi connectivity index (χ0n) is 15.4. The molecule has 0 bridgehead atoms. The van der Waals surface area contributed by atoms with Crippen molar-refractivity contribution in [3.05, 3.63) is 35.9 Å². The van der Waals surface area contributed by atoms with Gasteiger partial charge in [0.15, 0.2) is 11.7 Å². The average molecular weight is 422 g/mol. The first-order valence-corrected chi connectivity index (χ1v) is 9.24. The minimum absolute atomic E-state index is 0. The maximum Gasteiger partial charge on any atom is 0.343 e. The van der Waals surface area contributed by atoms with Crippen LogP contribution in [0.1, 0.15) is 37.7 Å². The van der Waals surface area contributed by atoms with E-state index in [1.807, 2.05) is 30.3 Å². The van der Waals surface area contributed by atoms with Crippen molar-refractivity contribution >= 4 is 5.97 Å². The summed E-state index contributed by atoms with van der Waals surface area (Å²) >= 11 is 0. The highest BCUT2D eigenvalue weighted by atomic mass is 79.9. The lowest BCUT2D eigenvalue weighted by atomic mass is 9.80. The topological polar surface area (TPSA) is 46.5 Å². The number of rotatable bonds is 5. The van der Waals surface area contributed by atoms with E-state index in [1.54, 1.807) is 0 Å². The fourth-order valence-electron chi connectivity index (χ4n) is 4.39. The molecule has 3 rings (SSSR count). The molecule has 0 spiro atoms. The maximum absolute atomic E-state index is 13.1. The number of esters is 1. The highest BCUT2D eigenvalue weighted by molar-refractivity contribution is 5.81. The molecular formula is C21H28BrNO3. The number of aliphatic hydroxyl groups is 1. The number of carbonyl (C=O) groups excluding carboxylic acids is 1. The number of halogens is 1. The molecule has 5 heteroatoms. The van der Waals surface area contributed by atoms with Crippen molar-refractivity contribution in [1.29, 1.82) is 0 Å². The first-order valence-electron chi connectivity index (χ1n) is 9.24. The molecule has 1 saturated heterocycles. The van der Waals surface area contributed by atoms with Crippen LogP contribution in [0.3, 0.4) is 0 Å². The summed E-state index contributed by atoms with van der Waals surface area (Å²) in [5.74, 6) is 2.14. The number of ether oxygens (including phenoxy) is 1. The molecule has 4 nitrogen and oxygen atoms in total. The van der Waals surface area contributed by atoms with Crippen molar-refractivity contribution in [3.63, 3.8) is 0 Å². The van der Waals surface area contributed by atoms with Crippen LogP contribution in [0.25, 0.3) is 0 Å². The van der Waals surface area contributed by atoms with Gasteiger partial charge in [-0.3, -0.25) is 0 Å². The molecule has 1 saturated carbocycles. The molecule has 3 atom stereocenters. The molecule has 2 fully saturated rings. The van der Waals surface area contributed by atoms with Gasteiger partial charge < -0.3 is 31.3 Å². The van der Waals surface area contributed by atoms with Gasteiger partial charge in [-0.2, -0.15) is 0 Å². The smallest absolute Gasteiger partial charge is 0.343 e. The zero-order chi connectivity index (χ0) is 17.9. The second-order valence-corrected chi connectivity index (χ2v) is 7.82. The lowest BCUT2D eigenvalue weighted by Gasteiger charge is -2.33. The number of benzene rings is 1. The molecule has 1 aromatic rings. The van der Waals surface area contributed by atoms with Crippen molar-refractivity contribution in [3.8, 4) is 12.3 Å². The minimum atomic E-state index is -1.55. The van der Waals surface area contributed by atoms with Crippen LogP contribution in [0.2, 0.25) is 0 Å². The Kier molecular flexibility index (Phi) is 6.90. The van der Waals surface area contributed by atoms with E-state index in [9.17, 15) is 9.90 Å². The van der Waals surface area contributed by atoms with E-state index in [1.165, 1.54) is 0 Å². The van der Waals surface area contributed by atoms with Crippen LogP contribution in [0.15, 0.2) is 30.3 Å². The largest absolute Gasteiger partial charge is 1.00 e. The van der Waals surface area contributed by atoms with Gasteiger partial charge in [-0.05, 0) is 24.3 Å². The highest BCUT2D eigenvalue weighted by Crippen LogP contribution is 2.42. The lowest BCUT2D eigenvalue weighted by molar-refractivity contribution is -0.891. The third-order valence-electron chi connectivity index (χ3n) is 5.85. The summed E-state index contributed by atoms with van der Waals surface area (Å²) in [4.78, 5) is 13.1. The van der Waals surface area contributed by atoms with Crippen molar-refractivity contribution in [2.45, 2.75) is 43.8 Å². The SMILES string of the molecule is C#CC[N+]1(C)CC[C@@H](OC(=O)[C@](O)(c2ccccc2)C2CCCC2)C1.[Br-]. The van der Waals surface area contributed by atoms with Crippen LogP contribution in [0, 0.1) is 18.3 Å². The molecule has 1 heterocycles. The first-order chi connectivity index (χ1) is 12.0. The van der Waals surface area contributed by atoms with E-state index in [2.05, 4.69) is 13.0 Å². The number of hydrogen-bond donors (Lipinski definition) is 1. The monoisotopic (exact) mass is 421 g/mol. The van der Waals surface area contributed by atoms with E-state index in [-0.39, 0.29) is 29.0 Å². The zero-order valence-corrected chi connectivity index (χ0v) is 17.0. The number of carbonyl (C=O) groups is 1. The summed E-state index contributed by atoms with van der Waals surface area (Å²) < 4.78 is 6.54. The summed E-state index contributed by atoms with van der Waals surface area (Å²) in [7, 11) is 2.09. The van der Waals surface area contributed by atoms with Gasteiger partial charge in [0, 0.05) is 12.3 Å². The normalized spacial score (nSPS) is 28.0. The van der Waals surface area contributed by atoms with Gasteiger partial charge >= 0.3 is 5.97 Å². The quantitative estimate of drug-likeness (QED) is 0.394. The summed E-state index contributed by atoms with van der Waals surface area (Å²) in [6, 6.07) is 9.26. The maximum atomic E-state index is 13.1. The van der Waals surface area contributed by atoms with Gasteiger partial charge in [0.05, 0.1) is 13.6 Å². The van der Waals surface area contributed by atoms with Crippen LogP contribution in [0.5, 0.6) is 0 Å². The molecule has 2 aliphatic rings. The van der Waals surface area contributed by atoms with E-state index in [0.717, 1.165) is 43.1 Å². The molecule has 1 aromatic carbocycles. The van der Waals surface area contributed by atoms with Gasteiger partial charge in [0.1, 0.15) is 13.1 Å². The Labute approximate surface area is 166 Å². The number of likely N-dealkylation sites (tertiary alicyclic amines) is 1. The highest BCUT2D eigenvalue weighted by Gasteiger charge is 2.49. The standard InChI is InChI=1S/C21H28NO3.BrH/c1-3-14-22(2)15-13-19(16-22)25-20(23)21(24,18-11-7-8-12-18)17-9-5-4-6-10-17;/h1,4-6,9-10,18-19,24H,7-8,11-16H2,2H3;1H/q+1;/p-1/t19-,21+,22?;/m1./s1. The number of terminal acetylenes is 1. The number of likely N-dealkylation sites (N-methyl/N-ethyl adjacent to an activating group) is 1. The molecule has 0 radical (unpaired) electrons. The van der Waals surface area contributed by atoms with E-state index >= 15 is 0 Å². The van der Waals surface area contributed by atoms with Gasteiger partial charge in [0.2, 0.25) is 0 Å². The van der Waals surface area contributed by atoms with Crippen LogP contribution in [0.4, 0.5) is 0 Å². The van der Waals surface area contributed by atoms with Crippen LogP contribution in [-0.4, -0.2) is 48.3 Å². The van der Waals surface area contributed by atoms with Crippen molar-refractivity contribution in [2.24, 2.45) is 5.92 Å². The van der Waals surface area contributed by atoms with E-state index in [4.69, 9.17) is 11.2 Å². The number of nitrogens with zero attached hydrogens (tertiary/aromatic N) is 1. The Bertz CT molecular complexity index is 653. The molecular weight excluding hydrogens is 394 g/mol. The van der Waals surface area contributed by atoms with Gasteiger partial charge in [-0.15, -0.1) is 6.42 Å². The Hall–Kier alpha value is -1.35. The Morgan fingerprint density at radius 2 is 1.96 bits per heavy atom. The second-order valence-electron chi connectivity index (χ2n) is 7.82. The molecule has 1 unspecified atom stereocenters. The Balaban J connectivity index is 0.00000243. The third-order valence-corrected chi connectivity index (χ3v) is 5.85. The molecule has 26 heavy (non-hydrogen) atoms. The number of quaternary nitrogens is 1. The fraction of sp³-hybridized carbons (Fsp3) is 0.571. The molecule has 1 aliphatic carbocycles. The Morgan fingerprint density at radius 1 is 1.31 bits per heavy atom. The molecule has 1 N–H and O–H groups in total. The van der Waals surface area contributed by atoms with Crippen LogP contribution in [-0.2, 0) is 15.1 Å². The number of hydrogen-bond acceptors (Lipinski definition) is 3. The van der Waals surface area contributed by atoms with Gasteiger partial charge in [0.25, 0.3) is 0 Å². The predicted molar refractivity (Wildman–Crippen MR) is 96.4 cm³/mol. The minimum Gasteiger partial charge on any atom is -1.00 e.